The Hall–Kier alpha value is -3.00. The SMILES string of the molecule is CC.CC.C\C=C/C=C(\C=C/C)C(=O)NCC(C)(C)COCC(C)(C)CNC(=O)C1CCC(CN2C(=O)C=CC2=O)CC1. The van der Waals surface area contributed by atoms with Gasteiger partial charge >= 0.3 is 0 Å². The fraction of sp³-hybridized carbons (Fsp3) is 0.657. The third kappa shape index (κ3) is 15.3. The number of nitrogens with zero attached hydrogens (tertiary/aromatic N) is 1. The van der Waals surface area contributed by atoms with Gasteiger partial charge in [0.05, 0.1) is 13.2 Å². The van der Waals surface area contributed by atoms with Crippen LogP contribution >= 0.6 is 0 Å². The highest BCUT2D eigenvalue weighted by Crippen LogP contribution is 2.30. The fourth-order valence-electron chi connectivity index (χ4n) is 4.66. The molecule has 0 aromatic rings. The first-order valence-corrected chi connectivity index (χ1v) is 16.0. The minimum Gasteiger partial charge on any atom is -0.380 e. The van der Waals surface area contributed by atoms with Gasteiger partial charge in [-0.15, -0.1) is 0 Å². The summed E-state index contributed by atoms with van der Waals surface area (Å²) in [5, 5.41) is 6.10. The van der Waals surface area contributed by atoms with E-state index >= 15 is 0 Å². The Morgan fingerprint density at radius 1 is 0.860 bits per heavy atom. The molecule has 1 aliphatic carbocycles. The molecule has 1 heterocycles. The van der Waals surface area contributed by atoms with Crippen LogP contribution in [-0.4, -0.2) is 61.4 Å². The van der Waals surface area contributed by atoms with E-state index in [1.54, 1.807) is 12.2 Å². The molecule has 8 nitrogen and oxygen atoms in total. The Balaban J connectivity index is 0.00000422. The van der Waals surface area contributed by atoms with Crippen molar-refractivity contribution in [3.63, 3.8) is 0 Å². The lowest BCUT2D eigenvalue weighted by Gasteiger charge is -2.32. The molecule has 0 aromatic carbocycles. The number of carbonyl (C=O) groups is 4. The van der Waals surface area contributed by atoms with Crippen molar-refractivity contribution in [1.82, 2.24) is 15.5 Å². The van der Waals surface area contributed by atoms with Crippen LogP contribution in [0.5, 0.6) is 0 Å². The maximum atomic E-state index is 12.8. The standard InChI is InChI=1S/C31H47N3O5.2C2H6/c1-7-9-11-24(10-8-2)28(37)32-19-30(3,4)21-39-22-31(5,6)20-33-29(38)25-14-12-23(13-15-25)18-34-26(35)16-17-27(34)36;2*1-2/h7-11,16-17,23,25H,12-15,18-22H2,1-6H3,(H,32,37)(H,33,38);2*1-2H3/b9-7-,10-8-,24-11+;;. The zero-order valence-electron chi connectivity index (χ0n) is 28.5. The van der Waals surface area contributed by atoms with Crippen molar-refractivity contribution in [1.29, 1.82) is 0 Å². The van der Waals surface area contributed by atoms with Gasteiger partial charge in [-0.2, -0.15) is 0 Å². The van der Waals surface area contributed by atoms with Crippen LogP contribution in [0.1, 0.15) is 94.9 Å². The lowest BCUT2D eigenvalue weighted by Crippen LogP contribution is -2.42. The molecule has 2 rings (SSSR count). The molecule has 2 aliphatic rings. The average molecular weight is 602 g/mol. The van der Waals surface area contributed by atoms with Crippen molar-refractivity contribution < 1.29 is 23.9 Å². The minimum atomic E-state index is -0.254. The van der Waals surface area contributed by atoms with E-state index in [0.717, 1.165) is 25.7 Å². The fourth-order valence-corrected chi connectivity index (χ4v) is 4.66. The molecule has 0 saturated heterocycles. The van der Waals surface area contributed by atoms with Crippen LogP contribution in [0.25, 0.3) is 0 Å². The normalized spacial score (nSPS) is 19.2. The van der Waals surface area contributed by atoms with E-state index < -0.39 is 0 Å². The van der Waals surface area contributed by atoms with E-state index in [-0.39, 0.29) is 46.3 Å². The highest BCUT2D eigenvalue weighted by Gasteiger charge is 2.32. The Labute approximate surface area is 261 Å². The van der Waals surface area contributed by atoms with Gasteiger partial charge in [0.15, 0.2) is 0 Å². The Kier molecular flexibility index (Phi) is 19.4. The summed E-state index contributed by atoms with van der Waals surface area (Å²) in [6, 6.07) is 0. The summed E-state index contributed by atoms with van der Waals surface area (Å²) in [6.45, 7) is 22.4. The topological polar surface area (TPSA) is 105 Å². The van der Waals surface area contributed by atoms with Gasteiger partial charge in [0.2, 0.25) is 5.91 Å². The van der Waals surface area contributed by atoms with E-state index in [9.17, 15) is 19.2 Å². The van der Waals surface area contributed by atoms with Crippen LogP contribution in [-0.2, 0) is 23.9 Å². The Morgan fingerprint density at radius 3 is 1.86 bits per heavy atom. The third-order valence-electron chi connectivity index (χ3n) is 7.09. The monoisotopic (exact) mass is 601 g/mol. The predicted octanol–water partition coefficient (Wildman–Crippen LogP) is 6.15. The van der Waals surface area contributed by atoms with Crippen LogP contribution in [0.2, 0.25) is 0 Å². The lowest BCUT2D eigenvalue weighted by atomic mass is 9.81. The van der Waals surface area contributed by atoms with Gasteiger partial charge < -0.3 is 15.4 Å². The van der Waals surface area contributed by atoms with E-state index in [4.69, 9.17) is 4.74 Å². The second-order valence-electron chi connectivity index (χ2n) is 12.2. The maximum absolute atomic E-state index is 12.8. The van der Waals surface area contributed by atoms with Gasteiger partial charge in [0.1, 0.15) is 0 Å². The minimum absolute atomic E-state index is 0.0436. The van der Waals surface area contributed by atoms with E-state index in [1.165, 1.54) is 17.1 Å². The quantitative estimate of drug-likeness (QED) is 0.141. The zero-order valence-corrected chi connectivity index (χ0v) is 28.5. The van der Waals surface area contributed by atoms with Gasteiger partial charge in [-0.25, -0.2) is 0 Å². The number of hydrogen-bond acceptors (Lipinski definition) is 5. The summed E-state index contributed by atoms with van der Waals surface area (Å²) in [6.07, 6.45) is 15.0. The molecule has 0 aromatic heterocycles. The average Bonchev–Trinajstić information content (AvgIpc) is 3.31. The molecule has 1 saturated carbocycles. The van der Waals surface area contributed by atoms with Crippen molar-refractivity contribution in [3.8, 4) is 0 Å². The van der Waals surface area contributed by atoms with Crippen molar-refractivity contribution in [2.24, 2.45) is 22.7 Å². The molecule has 0 bridgehead atoms. The molecular weight excluding hydrogens is 542 g/mol. The number of ether oxygens (including phenoxy) is 1. The number of allylic oxidation sites excluding steroid dienone is 4. The summed E-state index contributed by atoms with van der Waals surface area (Å²) in [5.74, 6) is -0.341. The summed E-state index contributed by atoms with van der Waals surface area (Å²) in [4.78, 5) is 50.3. The number of carbonyl (C=O) groups excluding carboxylic acids is 4. The first kappa shape index (κ1) is 40.0. The van der Waals surface area contributed by atoms with E-state index in [0.29, 0.717) is 38.4 Å². The second-order valence-corrected chi connectivity index (χ2v) is 12.2. The van der Waals surface area contributed by atoms with Crippen LogP contribution in [0.3, 0.4) is 0 Å². The van der Waals surface area contributed by atoms with Crippen LogP contribution in [0, 0.1) is 22.7 Å². The molecule has 0 unspecified atom stereocenters. The van der Waals surface area contributed by atoms with E-state index in [2.05, 4.69) is 38.3 Å². The Bertz CT molecular complexity index is 981. The van der Waals surface area contributed by atoms with Crippen LogP contribution in [0.4, 0.5) is 0 Å². The predicted molar refractivity (Wildman–Crippen MR) is 176 cm³/mol. The second kappa shape index (κ2) is 20.8. The Morgan fingerprint density at radius 2 is 1.37 bits per heavy atom. The van der Waals surface area contributed by atoms with Crippen molar-refractivity contribution >= 4 is 23.6 Å². The van der Waals surface area contributed by atoms with Gasteiger partial charge in [-0.1, -0.05) is 79.7 Å². The summed E-state index contributed by atoms with van der Waals surface area (Å²) < 4.78 is 6.03. The third-order valence-corrected chi connectivity index (χ3v) is 7.09. The van der Waals surface area contributed by atoms with Gasteiger partial charge in [-0.05, 0) is 51.5 Å². The molecule has 0 spiro atoms. The number of rotatable bonds is 14. The molecule has 4 amide bonds. The van der Waals surface area contributed by atoms with Crippen LogP contribution in [0.15, 0.2) is 48.1 Å². The molecular formula is C35H59N3O5. The summed E-state index contributed by atoms with van der Waals surface area (Å²) in [5.41, 5.74) is 0.103. The van der Waals surface area contributed by atoms with Gasteiger partial charge in [0.25, 0.3) is 17.7 Å². The van der Waals surface area contributed by atoms with Gasteiger partial charge in [-0.3, -0.25) is 24.1 Å². The smallest absolute Gasteiger partial charge is 0.253 e. The van der Waals surface area contributed by atoms with Crippen molar-refractivity contribution in [2.45, 2.75) is 94.9 Å². The van der Waals surface area contributed by atoms with Crippen LogP contribution < -0.4 is 10.6 Å². The maximum Gasteiger partial charge on any atom is 0.253 e. The zero-order chi connectivity index (χ0) is 33.1. The number of imide groups is 1. The first-order chi connectivity index (χ1) is 20.4. The molecule has 244 valence electrons. The summed E-state index contributed by atoms with van der Waals surface area (Å²) in [7, 11) is 0. The highest BCUT2D eigenvalue weighted by molar-refractivity contribution is 6.12. The molecule has 8 heteroatoms. The number of amides is 4. The molecule has 1 fully saturated rings. The largest absolute Gasteiger partial charge is 0.380 e. The number of hydrogen-bond donors (Lipinski definition) is 2. The van der Waals surface area contributed by atoms with Crippen molar-refractivity contribution in [3.05, 3.63) is 48.1 Å². The molecule has 43 heavy (non-hydrogen) atoms. The first-order valence-electron chi connectivity index (χ1n) is 16.0. The molecule has 0 radical (unpaired) electrons. The van der Waals surface area contributed by atoms with Gasteiger partial charge in [0, 0.05) is 54.1 Å². The van der Waals surface area contributed by atoms with Crippen molar-refractivity contribution in [2.75, 3.05) is 32.8 Å². The molecule has 0 atom stereocenters. The lowest BCUT2D eigenvalue weighted by molar-refractivity contribution is -0.138. The highest BCUT2D eigenvalue weighted by atomic mass is 16.5. The number of nitrogens with one attached hydrogen (secondary N) is 2. The molecule has 1 aliphatic heterocycles. The van der Waals surface area contributed by atoms with E-state index in [1.807, 2.05) is 59.8 Å². The summed E-state index contributed by atoms with van der Waals surface area (Å²) >= 11 is 0. The molecule has 2 N–H and O–H groups in total.